The highest BCUT2D eigenvalue weighted by atomic mass is 32.2. The molecule has 0 radical (unpaired) electrons. The van der Waals surface area contributed by atoms with Crippen LogP contribution in [0.25, 0.3) is 0 Å². The van der Waals surface area contributed by atoms with Crippen LogP contribution in [0.4, 0.5) is 0 Å². The van der Waals surface area contributed by atoms with Crippen molar-refractivity contribution >= 4 is 29.6 Å². The molecule has 0 rings (SSSR count). The first-order chi connectivity index (χ1) is 7.34. The van der Waals surface area contributed by atoms with Crippen molar-refractivity contribution in [2.24, 2.45) is 5.92 Å². The number of hydrogen-bond acceptors (Lipinski definition) is 4. The molecule has 0 aliphatic heterocycles. The second-order valence-corrected chi connectivity index (χ2v) is 4.50. The summed E-state index contributed by atoms with van der Waals surface area (Å²) in [5.41, 5.74) is 0. The molecule has 0 spiro atoms. The number of carbonyl (C=O) groups is 3. The van der Waals surface area contributed by atoms with Gasteiger partial charge in [-0.1, -0.05) is 13.8 Å². The predicted molar refractivity (Wildman–Crippen MR) is 59.4 cm³/mol. The van der Waals surface area contributed by atoms with Crippen LogP contribution in [0.1, 0.15) is 13.8 Å². The Morgan fingerprint density at radius 3 is 2.12 bits per heavy atom. The van der Waals surface area contributed by atoms with Gasteiger partial charge in [-0.25, -0.2) is 4.79 Å². The number of carboxylic acid groups (broad SMARTS) is 2. The lowest BCUT2D eigenvalue weighted by Crippen LogP contribution is -2.45. The van der Waals surface area contributed by atoms with E-state index in [1.807, 2.05) is 0 Å². The minimum atomic E-state index is -1.09. The summed E-state index contributed by atoms with van der Waals surface area (Å²) in [5.74, 6) is -3.00. The van der Waals surface area contributed by atoms with Gasteiger partial charge in [-0.15, -0.1) is 11.8 Å². The summed E-state index contributed by atoms with van der Waals surface area (Å²) in [6.45, 7) is 3.37. The Morgan fingerprint density at radius 1 is 1.19 bits per heavy atom. The quantitative estimate of drug-likeness (QED) is 0.588. The first kappa shape index (κ1) is 14.8. The van der Waals surface area contributed by atoms with Crippen LogP contribution in [0.3, 0.4) is 0 Å². The number of hydrogen-bond donors (Lipinski definition) is 3. The third kappa shape index (κ3) is 6.28. The smallest absolute Gasteiger partial charge is 0.326 e. The van der Waals surface area contributed by atoms with Gasteiger partial charge in [0.1, 0.15) is 6.04 Å². The molecule has 7 heteroatoms. The van der Waals surface area contributed by atoms with Crippen molar-refractivity contribution < 1.29 is 24.6 Å². The molecule has 1 amide bonds. The van der Waals surface area contributed by atoms with E-state index in [0.717, 1.165) is 11.8 Å². The molecule has 0 unspecified atom stereocenters. The SMILES string of the molecule is CC(C)[C@@H](NC(=O)CSCC(=O)O)C(=O)O. The van der Waals surface area contributed by atoms with Gasteiger partial charge in [0, 0.05) is 0 Å². The minimum absolute atomic E-state index is 0.0528. The van der Waals surface area contributed by atoms with Gasteiger partial charge in [0.2, 0.25) is 5.91 Å². The maximum Gasteiger partial charge on any atom is 0.326 e. The monoisotopic (exact) mass is 249 g/mol. The molecule has 0 bridgehead atoms. The standard InChI is InChI=1S/C9H15NO5S/c1-5(2)8(9(14)15)10-6(11)3-16-4-7(12)13/h5,8H,3-4H2,1-2H3,(H,10,11)(H,12,13)(H,14,15)/t8-/m1/s1. The largest absolute Gasteiger partial charge is 0.481 e. The number of nitrogens with one attached hydrogen (secondary N) is 1. The zero-order chi connectivity index (χ0) is 12.7. The Morgan fingerprint density at radius 2 is 1.75 bits per heavy atom. The van der Waals surface area contributed by atoms with Crippen LogP contribution in [-0.4, -0.2) is 45.6 Å². The van der Waals surface area contributed by atoms with Crippen molar-refractivity contribution in [1.29, 1.82) is 0 Å². The van der Waals surface area contributed by atoms with Gasteiger partial charge in [-0.05, 0) is 5.92 Å². The molecule has 0 aromatic rings. The summed E-state index contributed by atoms with van der Waals surface area (Å²) >= 11 is 0.930. The molecular formula is C9H15NO5S. The fourth-order valence-electron chi connectivity index (χ4n) is 0.960. The molecule has 0 heterocycles. The van der Waals surface area contributed by atoms with E-state index in [9.17, 15) is 14.4 Å². The van der Waals surface area contributed by atoms with Crippen LogP contribution >= 0.6 is 11.8 Å². The van der Waals surface area contributed by atoms with E-state index < -0.39 is 23.9 Å². The van der Waals surface area contributed by atoms with Crippen LogP contribution in [0.15, 0.2) is 0 Å². The summed E-state index contributed by atoms with van der Waals surface area (Å²) in [6.07, 6.45) is 0. The summed E-state index contributed by atoms with van der Waals surface area (Å²) in [4.78, 5) is 32.2. The van der Waals surface area contributed by atoms with Crippen molar-refractivity contribution in [3.63, 3.8) is 0 Å². The van der Waals surface area contributed by atoms with E-state index in [4.69, 9.17) is 10.2 Å². The van der Waals surface area contributed by atoms with Gasteiger partial charge in [0.15, 0.2) is 0 Å². The summed E-state index contributed by atoms with van der Waals surface area (Å²) in [6, 6.07) is -0.932. The first-order valence-electron chi connectivity index (χ1n) is 4.66. The fourth-order valence-corrected chi connectivity index (χ4v) is 1.51. The van der Waals surface area contributed by atoms with E-state index >= 15 is 0 Å². The molecule has 1 atom stereocenters. The maximum atomic E-state index is 11.3. The third-order valence-corrected chi connectivity index (χ3v) is 2.63. The molecule has 3 N–H and O–H groups in total. The number of carbonyl (C=O) groups excluding carboxylic acids is 1. The van der Waals surface area contributed by atoms with Crippen LogP contribution in [-0.2, 0) is 14.4 Å². The topological polar surface area (TPSA) is 104 Å². The zero-order valence-electron chi connectivity index (χ0n) is 9.10. The lowest BCUT2D eigenvalue weighted by Gasteiger charge is -2.17. The van der Waals surface area contributed by atoms with Crippen LogP contribution in [0.2, 0.25) is 0 Å². The molecule has 0 saturated carbocycles. The van der Waals surface area contributed by atoms with Gasteiger partial charge in [0.05, 0.1) is 11.5 Å². The highest BCUT2D eigenvalue weighted by molar-refractivity contribution is 8.00. The molecule has 0 fully saturated rings. The van der Waals surface area contributed by atoms with Gasteiger partial charge in [0.25, 0.3) is 0 Å². The molecule has 0 aromatic carbocycles. The number of aliphatic carboxylic acids is 2. The molecule has 0 aliphatic carbocycles. The second kappa shape index (κ2) is 7.10. The fraction of sp³-hybridized carbons (Fsp3) is 0.667. The van der Waals surface area contributed by atoms with E-state index in [2.05, 4.69) is 5.32 Å². The number of thioether (sulfide) groups is 1. The van der Waals surface area contributed by atoms with Crippen molar-refractivity contribution in [1.82, 2.24) is 5.32 Å². The molecule has 0 aromatic heterocycles. The van der Waals surface area contributed by atoms with Crippen molar-refractivity contribution in [2.45, 2.75) is 19.9 Å². The zero-order valence-corrected chi connectivity index (χ0v) is 9.91. The van der Waals surface area contributed by atoms with Crippen LogP contribution < -0.4 is 5.32 Å². The predicted octanol–water partition coefficient (Wildman–Crippen LogP) is 0.0296. The third-order valence-electron chi connectivity index (χ3n) is 1.71. The van der Waals surface area contributed by atoms with Crippen molar-refractivity contribution in [3.05, 3.63) is 0 Å². The number of amides is 1. The Kier molecular flexibility index (Phi) is 6.55. The number of rotatable bonds is 7. The average molecular weight is 249 g/mol. The maximum absolute atomic E-state index is 11.3. The number of carboxylic acids is 2. The minimum Gasteiger partial charge on any atom is -0.481 e. The van der Waals surface area contributed by atoms with Crippen molar-refractivity contribution in [2.75, 3.05) is 11.5 Å². The Balaban J connectivity index is 4.01. The molecule has 16 heavy (non-hydrogen) atoms. The lowest BCUT2D eigenvalue weighted by molar-refractivity contribution is -0.142. The highest BCUT2D eigenvalue weighted by Crippen LogP contribution is 2.03. The van der Waals surface area contributed by atoms with Gasteiger partial charge < -0.3 is 15.5 Å². The Bertz CT molecular complexity index is 279. The van der Waals surface area contributed by atoms with E-state index in [0.29, 0.717) is 0 Å². The first-order valence-corrected chi connectivity index (χ1v) is 5.81. The van der Waals surface area contributed by atoms with Crippen LogP contribution in [0.5, 0.6) is 0 Å². The summed E-state index contributed by atoms with van der Waals surface area (Å²) in [7, 11) is 0. The van der Waals surface area contributed by atoms with Crippen molar-refractivity contribution in [3.8, 4) is 0 Å². The van der Waals surface area contributed by atoms with E-state index in [1.165, 1.54) is 0 Å². The summed E-state index contributed by atoms with van der Waals surface area (Å²) < 4.78 is 0. The normalized spacial score (nSPS) is 12.2. The molecule has 92 valence electrons. The molecular weight excluding hydrogens is 234 g/mol. The Hall–Kier alpha value is -1.24. The summed E-state index contributed by atoms with van der Waals surface area (Å²) in [5, 5.41) is 19.5. The van der Waals surface area contributed by atoms with E-state index in [-0.39, 0.29) is 17.4 Å². The Labute approximate surface area is 97.4 Å². The lowest BCUT2D eigenvalue weighted by atomic mass is 10.1. The molecule has 6 nitrogen and oxygen atoms in total. The average Bonchev–Trinajstić information content (AvgIpc) is 2.12. The van der Waals surface area contributed by atoms with Crippen LogP contribution in [0, 0.1) is 5.92 Å². The van der Waals surface area contributed by atoms with Gasteiger partial charge in [-0.2, -0.15) is 0 Å². The van der Waals surface area contributed by atoms with Gasteiger partial charge >= 0.3 is 11.9 Å². The van der Waals surface area contributed by atoms with Gasteiger partial charge in [-0.3, -0.25) is 9.59 Å². The second-order valence-electron chi connectivity index (χ2n) is 3.51. The highest BCUT2D eigenvalue weighted by Gasteiger charge is 2.23. The van der Waals surface area contributed by atoms with E-state index in [1.54, 1.807) is 13.8 Å². The molecule has 0 saturated heterocycles. The molecule has 0 aliphatic rings.